The maximum absolute atomic E-state index is 6.93. The van der Waals surface area contributed by atoms with Gasteiger partial charge in [0.15, 0.2) is 0 Å². The molecule has 0 radical (unpaired) electrons. The van der Waals surface area contributed by atoms with Crippen LogP contribution in [0.2, 0.25) is 0 Å². The third-order valence-corrected chi connectivity index (χ3v) is 2.16. The quantitative estimate of drug-likeness (QED) is 0.754. The van der Waals surface area contributed by atoms with Crippen LogP contribution >= 0.6 is 0 Å². The average Bonchev–Trinajstić information content (AvgIpc) is 2.26. The Balaban J connectivity index is 2.98. The smallest absolute Gasteiger partial charge is 0.123 e. The van der Waals surface area contributed by atoms with Gasteiger partial charge in [-0.2, -0.15) is 0 Å². The largest absolute Gasteiger partial charge is 0.497 e. The van der Waals surface area contributed by atoms with Crippen molar-refractivity contribution in [3.63, 3.8) is 0 Å². The van der Waals surface area contributed by atoms with Gasteiger partial charge in [0.2, 0.25) is 0 Å². The molecule has 1 aromatic rings. The van der Waals surface area contributed by atoms with Gasteiger partial charge in [0.1, 0.15) is 18.1 Å². The molecule has 0 atom stereocenters. The molecule has 0 amide bonds. The fourth-order valence-electron chi connectivity index (χ4n) is 1.37. The van der Waals surface area contributed by atoms with E-state index in [0.717, 1.165) is 17.1 Å². The van der Waals surface area contributed by atoms with E-state index in [0.29, 0.717) is 12.5 Å². The maximum atomic E-state index is 6.93. The average molecular weight is 207 g/mol. The van der Waals surface area contributed by atoms with Crippen LogP contribution in [0.1, 0.15) is 25.3 Å². The van der Waals surface area contributed by atoms with Crippen molar-refractivity contribution in [2.45, 2.75) is 19.8 Å². The van der Waals surface area contributed by atoms with Crippen LogP contribution in [-0.4, -0.2) is 19.9 Å². The van der Waals surface area contributed by atoms with Crippen molar-refractivity contribution in [2.75, 3.05) is 13.7 Å². The van der Waals surface area contributed by atoms with Gasteiger partial charge in [-0.15, -0.1) is 0 Å². The minimum Gasteiger partial charge on any atom is -0.497 e. The fourth-order valence-corrected chi connectivity index (χ4v) is 1.37. The summed E-state index contributed by atoms with van der Waals surface area (Å²) >= 11 is 0. The minimum atomic E-state index is 0.312. The molecule has 3 heteroatoms. The number of nitrogens with one attached hydrogen (secondary N) is 1. The zero-order valence-corrected chi connectivity index (χ0v) is 9.41. The molecule has 0 aromatic heterocycles. The van der Waals surface area contributed by atoms with Crippen LogP contribution in [0.4, 0.5) is 0 Å². The van der Waals surface area contributed by atoms with Crippen LogP contribution in [0, 0.1) is 5.41 Å². The number of rotatable bonds is 5. The van der Waals surface area contributed by atoms with E-state index in [1.165, 1.54) is 6.21 Å². The summed E-state index contributed by atoms with van der Waals surface area (Å²) in [5, 5.41) is 6.93. The van der Waals surface area contributed by atoms with Gasteiger partial charge in [0.25, 0.3) is 0 Å². The lowest BCUT2D eigenvalue weighted by atomic mass is 10.0. The van der Waals surface area contributed by atoms with Crippen molar-refractivity contribution < 1.29 is 9.47 Å². The number of methoxy groups -OCH3 is 1. The van der Waals surface area contributed by atoms with Crippen molar-refractivity contribution in [3.05, 3.63) is 23.8 Å². The molecule has 82 valence electrons. The number of ether oxygens (including phenoxy) is 2. The topological polar surface area (TPSA) is 42.3 Å². The molecular formula is C12H17NO2. The van der Waals surface area contributed by atoms with Gasteiger partial charge < -0.3 is 14.9 Å². The molecule has 0 saturated carbocycles. The maximum Gasteiger partial charge on any atom is 0.123 e. The first-order valence-corrected chi connectivity index (χ1v) is 4.98. The van der Waals surface area contributed by atoms with Crippen molar-refractivity contribution in [3.8, 4) is 11.5 Å². The normalized spacial score (nSPS) is 10.1. The summed E-state index contributed by atoms with van der Waals surface area (Å²) < 4.78 is 10.6. The summed E-state index contributed by atoms with van der Waals surface area (Å²) in [5.41, 5.74) is 1.11. The molecule has 0 saturated heterocycles. The van der Waals surface area contributed by atoms with Crippen molar-refractivity contribution >= 4 is 6.21 Å². The van der Waals surface area contributed by atoms with Gasteiger partial charge >= 0.3 is 0 Å². The fraction of sp³-hybridized carbons (Fsp3) is 0.417. The first-order valence-electron chi connectivity index (χ1n) is 4.98. The highest BCUT2D eigenvalue weighted by Gasteiger charge is 2.08. The lowest BCUT2D eigenvalue weighted by Gasteiger charge is -2.14. The molecule has 0 spiro atoms. The van der Waals surface area contributed by atoms with E-state index in [-0.39, 0.29) is 0 Å². The van der Waals surface area contributed by atoms with Gasteiger partial charge in [-0.25, -0.2) is 0 Å². The second-order valence-corrected chi connectivity index (χ2v) is 3.57. The van der Waals surface area contributed by atoms with Gasteiger partial charge in [-0.05, 0) is 24.1 Å². The SMILES string of the molecule is COc1ccc(OCC=N)c(C(C)C)c1. The lowest BCUT2D eigenvalue weighted by Crippen LogP contribution is -2.02. The summed E-state index contributed by atoms with van der Waals surface area (Å²) in [5.74, 6) is 2.04. The van der Waals surface area contributed by atoms with E-state index in [1.807, 2.05) is 18.2 Å². The van der Waals surface area contributed by atoms with Crippen molar-refractivity contribution in [1.29, 1.82) is 5.41 Å². The second-order valence-electron chi connectivity index (χ2n) is 3.57. The molecule has 0 aliphatic heterocycles. The molecule has 15 heavy (non-hydrogen) atoms. The predicted octanol–water partition coefficient (Wildman–Crippen LogP) is 2.85. The van der Waals surface area contributed by atoms with Crippen LogP contribution in [0.25, 0.3) is 0 Å². The Morgan fingerprint density at radius 1 is 1.40 bits per heavy atom. The van der Waals surface area contributed by atoms with E-state index in [4.69, 9.17) is 14.9 Å². The third kappa shape index (κ3) is 2.98. The molecule has 0 unspecified atom stereocenters. The molecule has 0 aliphatic rings. The van der Waals surface area contributed by atoms with Crippen LogP contribution in [-0.2, 0) is 0 Å². The van der Waals surface area contributed by atoms with Crippen molar-refractivity contribution in [1.82, 2.24) is 0 Å². The summed E-state index contributed by atoms with van der Waals surface area (Å²) in [6, 6.07) is 5.73. The van der Waals surface area contributed by atoms with Crippen LogP contribution < -0.4 is 9.47 Å². The number of benzene rings is 1. The third-order valence-electron chi connectivity index (χ3n) is 2.16. The summed E-state index contributed by atoms with van der Waals surface area (Å²) in [7, 11) is 1.65. The Kier molecular flexibility index (Phi) is 4.16. The summed E-state index contributed by atoms with van der Waals surface area (Å²) in [6.07, 6.45) is 1.24. The first-order chi connectivity index (χ1) is 7.19. The standard InChI is InChI=1S/C12H17NO2/c1-9(2)11-8-10(14-3)4-5-12(11)15-7-6-13/h4-6,8-9,13H,7H2,1-3H3. The Labute approximate surface area is 90.5 Å². The molecule has 0 fully saturated rings. The van der Waals surface area contributed by atoms with E-state index in [2.05, 4.69) is 13.8 Å². The van der Waals surface area contributed by atoms with Crippen LogP contribution in [0.5, 0.6) is 11.5 Å². The Morgan fingerprint density at radius 3 is 2.67 bits per heavy atom. The summed E-state index contributed by atoms with van der Waals surface area (Å²) in [6.45, 7) is 4.52. The Bertz CT molecular complexity index is 334. The molecule has 3 nitrogen and oxygen atoms in total. The first kappa shape index (κ1) is 11.6. The lowest BCUT2D eigenvalue weighted by molar-refractivity contribution is 0.370. The predicted molar refractivity (Wildman–Crippen MR) is 61.4 cm³/mol. The monoisotopic (exact) mass is 207 g/mol. The molecule has 0 heterocycles. The van der Waals surface area contributed by atoms with Gasteiger partial charge in [0.05, 0.1) is 7.11 Å². The van der Waals surface area contributed by atoms with E-state index in [1.54, 1.807) is 7.11 Å². The number of hydrogen-bond acceptors (Lipinski definition) is 3. The Morgan fingerprint density at radius 2 is 2.13 bits per heavy atom. The van der Waals surface area contributed by atoms with Gasteiger partial charge in [0, 0.05) is 11.8 Å². The molecule has 1 N–H and O–H groups in total. The zero-order chi connectivity index (χ0) is 11.3. The molecule has 1 aromatic carbocycles. The molecule has 1 rings (SSSR count). The molecule has 0 aliphatic carbocycles. The summed E-state index contributed by atoms with van der Waals surface area (Å²) in [4.78, 5) is 0. The zero-order valence-electron chi connectivity index (χ0n) is 9.41. The Hall–Kier alpha value is -1.51. The second kappa shape index (κ2) is 5.39. The van der Waals surface area contributed by atoms with E-state index in [9.17, 15) is 0 Å². The number of hydrogen-bond donors (Lipinski definition) is 1. The minimum absolute atomic E-state index is 0.312. The van der Waals surface area contributed by atoms with E-state index < -0.39 is 0 Å². The van der Waals surface area contributed by atoms with Gasteiger partial charge in [-0.1, -0.05) is 13.8 Å². The molecule has 0 bridgehead atoms. The highest BCUT2D eigenvalue weighted by atomic mass is 16.5. The van der Waals surface area contributed by atoms with Gasteiger partial charge in [-0.3, -0.25) is 0 Å². The highest BCUT2D eigenvalue weighted by Crippen LogP contribution is 2.30. The molecular weight excluding hydrogens is 190 g/mol. The highest BCUT2D eigenvalue weighted by molar-refractivity contribution is 5.55. The van der Waals surface area contributed by atoms with Crippen molar-refractivity contribution in [2.24, 2.45) is 0 Å². The van der Waals surface area contributed by atoms with E-state index >= 15 is 0 Å². The van der Waals surface area contributed by atoms with Crippen LogP contribution in [0.3, 0.4) is 0 Å². The van der Waals surface area contributed by atoms with Crippen LogP contribution in [0.15, 0.2) is 18.2 Å².